The van der Waals surface area contributed by atoms with E-state index in [0.29, 0.717) is 5.56 Å². The van der Waals surface area contributed by atoms with Crippen LogP contribution in [0.1, 0.15) is 31.7 Å². The normalized spacial score (nSPS) is 23.9. The van der Waals surface area contributed by atoms with E-state index in [1.165, 1.54) is 6.07 Å². The number of hydrogen-bond donors (Lipinski definition) is 1. The molecule has 92 valence electrons. The Balaban J connectivity index is 2.14. The van der Waals surface area contributed by atoms with Crippen LogP contribution < -0.4 is 5.32 Å². The zero-order valence-electron chi connectivity index (χ0n) is 10.1. The van der Waals surface area contributed by atoms with Crippen molar-refractivity contribution in [3.63, 3.8) is 0 Å². The monoisotopic (exact) mass is 235 g/mol. The first-order valence-corrected chi connectivity index (χ1v) is 6.20. The number of benzene rings is 1. The Labute approximate surface area is 101 Å². The van der Waals surface area contributed by atoms with Crippen molar-refractivity contribution in [3.05, 3.63) is 35.6 Å². The third-order valence-electron chi connectivity index (χ3n) is 3.69. The second kappa shape index (κ2) is 4.96. The lowest BCUT2D eigenvalue weighted by atomic mass is 9.86. The molecule has 0 amide bonds. The van der Waals surface area contributed by atoms with Gasteiger partial charge in [0.1, 0.15) is 5.82 Å². The lowest BCUT2D eigenvalue weighted by molar-refractivity contribution is -0.124. The van der Waals surface area contributed by atoms with Crippen LogP contribution in [0.4, 0.5) is 4.39 Å². The number of ketones is 1. The smallest absolute Gasteiger partial charge is 0.157 e. The lowest BCUT2D eigenvalue weighted by Gasteiger charge is -2.26. The number of hydrogen-bond acceptors (Lipinski definition) is 2. The highest BCUT2D eigenvalue weighted by Crippen LogP contribution is 2.25. The van der Waals surface area contributed by atoms with Gasteiger partial charge >= 0.3 is 0 Å². The van der Waals surface area contributed by atoms with Gasteiger partial charge in [-0.2, -0.15) is 0 Å². The first kappa shape index (κ1) is 12.2. The van der Waals surface area contributed by atoms with Crippen LogP contribution >= 0.6 is 0 Å². The molecule has 0 spiro atoms. The highest BCUT2D eigenvalue weighted by atomic mass is 19.1. The zero-order chi connectivity index (χ0) is 12.3. The van der Waals surface area contributed by atoms with E-state index in [0.717, 1.165) is 25.8 Å². The molecule has 2 nitrogen and oxygen atoms in total. The Morgan fingerprint density at radius 2 is 2.24 bits per heavy atom. The molecule has 1 aliphatic rings. The van der Waals surface area contributed by atoms with Crippen molar-refractivity contribution in [2.45, 2.75) is 38.1 Å². The summed E-state index contributed by atoms with van der Waals surface area (Å²) < 4.78 is 13.5. The van der Waals surface area contributed by atoms with E-state index in [4.69, 9.17) is 0 Å². The second-order valence-electron chi connectivity index (χ2n) is 4.66. The Morgan fingerprint density at radius 1 is 1.47 bits per heavy atom. The standard InChI is InChI=1S/C14H18FNO/c1-2-14(8-5-9-16-14)13(17)10-11-6-3-4-7-12(11)15/h3-4,6-7,16H,2,5,8-10H2,1H3. The number of rotatable bonds is 4. The fourth-order valence-corrected chi connectivity index (χ4v) is 2.53. The maximum Gasteiger partial charge on any atom is 0.157 e. The Bertz CT molecular complexity index is 410. The van der Waals surface area contributed by atoms with Gasteiger partial charge in [0.15, 0.2) is 5.78 Å². The van der Waals surface area contributed by atoms with E-state index in [2.05, 4.69) is 5.32 Å². The van der Waals surface area contributed by atoms with Gasteiger partial charge in [0.25, 0.3) is 0 Å². The molecule has 0 aliphatic carbocycles. The molecule has 1 aromatic rings. The molecule has 17 heavy (non-hydrogen) atoms. The summed E-state index contributed by atoms with van der Waals surface area (Å²) in [5.41, 5.74) is 0.0847. The van der Waals surface area contributed by atoms with E-state index in [1.54, 1.807) is 18.2 Å². The molecule has 1 aromatic carbocycles. The SMILES string of the molecule is CCC1(C(=O)Cc2ccccc2F)CCCN1. The second-order valence-corrected chi connectivity index (χ2v) is 4.66. The van der Waals surface area contributed by atoms with E-state index in [9.17, 15) is 9.18 Å². The lowest BCUT2D eigenvalue weighted by Crippen LogP contribution is -2.47. The summed E-state index contributed by atoms with van der Waals surface area (Å²) in [6.45, 7) is 2.90. The number of carbonyl (C=O) groups excluding carboxylic acids is 1. The molecule has 1 N–H and O–H groups in total. The number of carbonyl (C=O) groups is 1. The highest BCUT2D eigenvalue weighted by Gasteiger charge is 2.38. The van der Waals surface area contributed by atoms with Gasteiger partial charge in [0.05, 0.1) is 5.54 Å². The summed E-state index contributed by atoms with van der Waals surface area (Å²) in [6, 6.07) is 6.51. The predicted molar refractivity (Wildman–Crippen MR) is 65.4 cm³/mol. The summed E-state index contributed by atoms with van der Waals surface area (Å²) in [5.74, 6) is -0.173. The van der Waals surface area contributed by atoms with E-state index >= 15 is 0 Å². The molecule has 2 rings (SSSR count). The minimum Gasteiger partial charge on any atom is -0.305 e. The first-order valence-electron chi connectivity index (χ1n) is 6.20. The van der Waals surface area contributed by atoms with Crippen LogP contribution in [0, 0.1) is 5.82 Å². The van der Waals surface area contributed by atoms with E-state index in [1.807, 2.05) is 6.92 Å². The molecule has 1 unspecified atom stereocenters. The summed E-state index contributed by atoms with van der Waals surface area (Å²) in [4.78, 5) is 12.3. The number of Topliss-reactive ketones (excluding diaryl/α,β-unsaturated/α-hetero) is 1. The van der Waals surface area contributed by atoms with Gasteiger partial charge < -0.3 is 5.32 Å². The van der Waals surface area contributed by atoms with E-state index in [-0.39, 0.29) is 18.0 Å². The predicted octanol–water partition coefficient (Wildman–Crippen LogP) is 2.47. The third kappa shape index (κ3) is 2.39. The minimum absolute atomic E-state index is 0.114. The molecule has 0 aromatic heterocycles. The zero-order valence-corrected chi connectivity index (χ0v) is 10.1. The Kier molecular flexibility index (Phi) is 3.57. The molecule has 1 heterocycles. The van der Waals surface area contributed by atoms with Crippen molar-refractivity contribution < 1.29 is 9.18 Å². The molecule has 1 saturated heterocycles. The number of nitrogens with one attached hydrogen (secondary N) is 1. The van der Waals surface area contributed by atoms with Gasteiger partial charge in [-0.05, 0) is 37.4 Å². The van der Waals surface area contributed by atoms with Gasteiger partial charge in [-0.25, -0.2) is 4.39 Å². The molecule has 1 fully saturated rings. The summed E-state index contributed by atoms with van der Waals surface area (Å²) in [5, 5.41) is 3.29. The Morgan fingerprint density at radius 3 is 2.82 bits per heavy atom. The number of halogens is 1. The topological polar surface area (TPSA) is 29.1 Å². The van der Waals surface area contributed by atoms with Gasteiger partial charge in [-0.3, -0.25) is 4.79 Å². The van der Waals surface area contributed by atoms with Crippen LogP contribution in [-0.4, -0.2) is 17.9 Å². The van der Waals surface area contributed by atoms with Crippen LogP contribution in [0.2, 0.25) is 0 Å². The average molecular weight is 235 g/mol. The summed E-state index contributed by atoms with van der Waals surface area (Å²) in [6.07, 6.45) is 2.86. The van der Waals surface area contributed by atoms with Crippen LogP contribution in [0.3, 0.4) is 0 Å². The molecular formula is C14H18FNO. The highest BCUT2D eigenvalue weighted by molar-refractivity contribution is 5.90. The maximum absolute atomic E-state index is 13.5. The van der Waals surface area contributed by atoms with Crippen molar-refractivity contribution in [2.75, 3.05) is 6.54 Å². The summed E-state index contributed by atoms with van der Waals surface area (Å²) in [7, 11) is 0. The van der Waals surface area contributed by atoms with Gasteiger partial charge in [0.2, 0.25) is 0 Å². The molecule has 0 bridgehead atoms. The third-order valence-corrected chi connectivity index (χ3v) is 3.69. The van der Waals surface area contributed by atoms with Crippen LogP contribution in [0.25, 0.3) is 0 Å². The van der Waals surface area contributed by atoms with E-state index < -0.39 is 5.54 Å². The van der Waals surface area contributed by atoms with Gasteiger partial charge in [-0.15, -0.1) is 0 Å². The molecule has 0 radical (unpaired) electrons. The Hall–Kier alpha value is -1.22. The van der Waals surface area contributed by atoms with Crippen molar-refractivity contribution in [2.24, 2.45) is 0 Å². The van der Waals surface area contributed by atoms with Crippen molar-refractivity contribution >= 4 is 5.78 Å². The maximum atomic E-state index is 13.5. The largest absolute Gasteiger partial charge is 0.305 e. The molecule has 3 heteroatoms. The quantitative estimate of drug-likeness (QED) is 0.868. The molecular weight excluding hydrogens is 217 g/mol. The van der Waals surface area contributed by atoms with Crippen molar-refractivity contribution in [1.82, 2.24) is 5.32 Å². The van der Waals surface area contributed by atoms with Crippen molar-refractivity contribution in [3.8, 4) is 0 Å². The molecule has 1 atom stereocenters. The minimum atomic E-state index is -0.414. The van der Waals surface area contributed by atoms with Crippen LogP contribution in [0.15, 0.2) is 24.3 Å². The average Bonchev–Trinajstić information content (AvgIpc) is 2.82. The van der Waals surface area contributed by atoms with Crippen LogP contribution in [0.5, 0.6) is 0 Å². The van der Waals surface area contributed by atoms with Gasteiger partial charge in [0, 0.05) is 6.42 Å². The molecule has 1 aliphatic heterocycles. The van der Waals surface area contributed by atoms with Crippen molar-refractivity contribution in [1.29, 1.82) is 0 Å². The van der Waals surface area contributed by atoms with Gasteiger partial charge in [-0.1, -0.05) is 25.1 Å². The molecule has 0 saturated carbocycles. The first-order chi connectivity index (χ1) is 8.18. The fourth-order valence-electron chi connectivity index (χ4n) is 2.53. The van der Waals surface area contributed by atoms with Crippen LogP contribution in [-0.2, 0) is 11.2 Å². The fraction of sp³-hybridized carbons (Fsp3) is 0.500. The summed E-state index contributed by atoms with van der Waals surface area (Å²) >= 11 is 0.